The highest BCUT2D eigenvalue weighted by Gasteiger charge is 2.13. The number of aromatic amines is 1. The number of carbonyl (C=O) groups is 1. The zero-order valence-electron chi connectivity index (χ0n) is 19.5. The van der Waals surface area contributed by atoms with Crippen LogP contribution in [0, 0.1) is 28.7 Å². The van der Waals surface area contributed by atoms with E-state index >= 15 is 0 Å². The largest absolute Gasteiger partial charge is 0.493 e. The molecule has 0 fully saturated rings. The quantitative estimate of drug-likeness (QED) is 0.211. The second kappa shape index (κ2) is 10.6. The van der Waals surface area contributed by atoms with Crippen molar-refractivity contribution in [1.82, 2.24) is 9.97 Å². The lowest BCUT2D eigenvalue weighted by Crippen LogP contribution is -2.21. The fraction of sp³-hybridized carbons (Fsp3) is 0.148. The van der Waals surface area contributed by atoms with Crippen LogP contribution in [0.2, 0.25) is 0 Å². The molecule has 8 heteroatoms. The van der Waals surface area contributed by atoms with Gasteiger partial charge in [0.15, 0.2) is 18.1 Å². The minimum atomic E-state index is -0.264. The maximum atomic E-state index is 12.5. The van der Waals surface area contributed by atoms with Gasteiger partial charge >= 0.3 is 0 Å². The lowest BCUT2D eigenvalue weighted by molar-refractivity contribution is -0.118. The number of amides is 1. The predicted molar refractivity (Wildman–Crippen MR) is 145 cm³/mol. The Morgan fingerprint density at radius 1 is 1.14 bits per heavy atom. The maximum Gasteiger partial charge on any atom is 0.262 e. The summed E-state index contributed by atoms with van der Waals surface area (Å²) in [4.78, 5) is 20.2. The van der Waals surface area contributed by atoms with Gasteiger partial charge in [-0.15, -0.1) is 0 Å². The van der Waals surface area contributed by atoms with Crippen LogP contribution in [-0.4, -0.2) is 29.6 Å². The summed E-state index contributed by atoms with van der Waals surface area (Å²) in [7, 11) is 1.53. The summed E-state index contributed by atoms with van der Waals surface area (Å²) in [5, 5.41) is 12.6. The lowest BCUT2D eigenvalue weighted by Gasteiger charge is -2.14. The molecule has 0 aliphatic carbocycles. The second-order valence-corrected chi connectivity index (χ2v) is 9.18. The number of anilines is 1. The van der Waals surface area contributed by atoms with Crippen LogP contribution >= 0.6 is 22.6 Å². The Morgan fingerprint density at radius 3 is 2.57 bits per heavy atom. The number of aromatic nitrogens is 2. The Bertz CT molecular complexity index is 1430. The van der Waals surface area contributed by atoms with E-state index in [-0.39, 0.29) is 12.5 Å². The number of allylic oxidation sites excluding steroid dienone is 1. The van der Waals surface area contributed by atoms with Gasteiger partial charge in [0.1, 0.15) is 11.9 Å². The first-order valence-corrected chi connectivity index (χ1v) is 11.9. The normalized spacial score (nSPS) is 11.2. The zero-order valence-corrected chi connectivity index (χ0v) is 21.6. The summed E-state index contributed by atoms with van der Waals surface area (Å²) >= 11 is 2.25. The molecule has 4 aromatic rings. The molecule has 0 atom stereocenters. The molecular weight excluding hydrogens is 555 g/mol. The third-order valence-corrected chi connectivity index (χ3v) is 6.01. The molecule has 3 aromatic carbocycles. The van der Waals surface area contributed by atoms with E-state index in [4.69, 9.17) is 9.47 Å². The molecule has 7 nitrogen and oxygen atoms in total. The highest BCUT2D eigenvalue weighted by molar-refractivity contribution is 14.1. The molecule has 0 spiro atoms. The summed E-state index contributed by atoms with van der Waals surface area (Å²) < 4.78 is 12.3. The third-order valence-electron chi connectivity index (χ3n) is 5.38. The van der Waals surface area contributed by atoms with Gasteiger partial charge in [0.25, 0.3) is 5.91 Å². The second-order valence-electron chi connectivity index (χ2n) is 7.93. The average molecular weight is 578 g/mol. The van der Waals surface area contributed by atoms with E-state index in [1.807, 2.05) is 50.2 Å². The lowest BCUT2D eigenvalue weighted by atomic mass is 10.1. The number of rotatable bonds is 7. The molecule has 0 bridgehead atoms. The molecule has 0 unspecified atom stereocenters. The Balaban J connectivity index is 1.49. The van der Waals surface area contributed by atoms with Crippen molar-refractivity contribution in [3.05, 3.63) is 80.7 Å². The van der Waals surface area contributed by atoms with Crippen molar-refractivity contribution in [2.45, 2.75) is 13.8 Å². The van der Waals surface area contributed by atoms with Crippen molar-refractivity contribution in [2.75, 3.05) is 19.0 Å². The van der Waals surface area contributed by atoms with Crippen molar-refractivity contribution in [2.24, 2.45) is 0 Å². The van der Waals surface area contributed by atoms with Crippen molar-refractivity contribution in [3.8, 4) is 17.6 Å². The number of imidazole rings is 1. The number of carbonyl (C=O) groups excluding carboxylic acids is 1. The van der Waals surface area contributed by atoms with E-state index < -0.39 is 0 Å². The Labute approximate surface area is 216 Å². The van der Waals surface area contributed by atoms with Crippen LogP contribution in [0.15, 0.2) is 54.6 Å². The van der Waals surface area contributed by atoms with Gasteiger partial charge in [-0.3, -0.25) is 4.79 Å². The van der Waals surface area contributed by atoms with Crippen LogP contribution < -0.4 is 14.8 Å². The molecule has 0 aliphatic rings. The topological polar surface area (TPSA) is 100 Å². The molecule has 1 aromatic heterocycles. The number of para-hydroxylation sites is 2. The fourth-order valence-electron chi connectivity index (χ4n) is 3.72. The number of benzene rings is 3. The molecule has 2 N–H and O–H groups in total. The molecule has 1 heterocycles. The van der Waals surface area contributed by atoms with Crippen molar-refractivity contribution in [1.29, 1.82) is 5.26 Å². The van der Waals surface area contributed by atoms with E-state index in [2.05, 4.69) is 43.9 Å². The molecular formula is C27H23IN4O3. The van der Waals surface area contributed by atoms with Crippen LogP contribution in [0.4, 0.5) is 5.69 Å². The van der Waals surface area contributed by atoms with E-state index in [9.17, 15) is 10.1 Å². The van der Waals surface area contributed by atoms with Crippen LogP contribution in [0.1, 0.15) is 22.5 Å². The molecule has 35 heavy (non-hydrogen) atoms. The van der Waals surface area contributed by atoms with Crippen molar-refractivity contribution >= 4 is 56.9 Å². The number of fused-ring (bicyclic) bond motifs is 1. The molecule has 4 rings (SSSR count). The molecule has 1 amide bonds. The highest BCUT2D eigenvalue weighted by Crippen LogP contribution is 2.30. The Morgan fingerprint density at radius 2 is 1.89 bits per heavy atom. The van der Waals surface area contributed by atoms with E-state index in [1.165, 1.54) is 7.11 Å². The number of ether oxygens (including phenoxy) is 2. The minimum Gasteiger partial charge on any atom is -0.493 e. The Kier molecular flexibility index (Phi) is 7.36. The number of nitrogens with zero attached hydrogens (tertiary/aromatic N) is 2. The number of H-pyrrole nitrogens is 1. The number of hydrogen-bond donors (Lipinski definition) is 2. The molecule has 0 radical (unpaired) electrons. The van der Waals surface area contributed by atoms with Crippen LogP contribution in [-0.2, 0) is 4.79 Å². The maximum absolute atomic E-state index is 12.5. The number of halogens is 1. The Hall–Kier alpha value is -3.84. The van der Waals surface area contributed by atoms with Crippen LogP contribution in [0.5, 0.6) is 11.5 Å². The molecule has 176 valence electrons. The number of nitriles is 1. The first-order chi connectivity index (χ1) is 16.9. The van der Waals surface area contributed by atoms with Crippen LogP contribution in [0.25, 0.3) is 22.7 Å². The van der Waals surface area contributed by atoms with Gasteiger partial charge < -0.3 is 19.8 Å². The van der Waals surface area contributed by atoms with Gasteiger partial charge in [-0.1, -0.05) is 18.2 Å². The number of aryl methyl sites for hydroxylation is 2. The van der Waals surface area contributed by atoms with Gasteiger partial charge in [-0.05, 0) is 95.6 Å². The summed E-state index contributed by atoms with van der Waals surface area (Å²) in [5.74, 6) is 1.11. The average Bonchev–Trinajstić information content (AvgIpc) is 3.27. The molecule has 0 saturated carbocycles. The van der Waals surface area contributed by atoms with Crippen molar-refractivity contribution in [3.63, 3.8) is 0 Å². The number of nitrogens with one attached hydrogen (secondary N) is 2. The van der Waals surface area contributed by atoms with Gasteiger partial charge in [-0.2, -0.15) is 5.26 Å². The summed E-state index contributed by atoms with van der Waals surface area (Å²) in [6.07, 6.45) is 1.72. The monoisotopic (exact) mass is 578 g/mol. The fourth-order valence-corrected chi connectivity index (χ4v) is 4.65. The van der Waals surface area contributed by atoms with Gasteiger partial charge in [-0.25, -0.2) is 4.98 Å². The number of hydrogen-bond acceptors (Lipinski definition) is 5. The SMILES string of the molecule is COc1cc(C=C(C#N)c2nc3ccccc3[nH]2)ccc1OCC(=O)Nc1c(C)cc(I)cc1C. The molecule has 0 aliphatic heterocycles. The summed E-state index contributed by atoms with van der Waals surface area (Å²) in [6.45, 7) is 3.75. The predicted octanol–water partition coefficient (Wildman–Crippen LogP) is 5.87. The van der Waals surface area contributed by atoms with Gasteiger partial charge in [0.05, 0.1) is 23.7 Å². The van der Waals surface area contributed by atoms with E-state index in [0.29, 0.717) is 22.9 Å². The number of methoxy groups -OCH3 is 1. The summed E-state index contributed by atoms with van der Waals surface area (Å²) in [6, 6.07) is 19.1. The van der Waals surface area contributed by atoms with Gasteiger partial charge in [0.2, 0.25) is 0 Å². The smallest absolute Gasteiger partial charge is 0.262 e. The molecule has 0 saturated heterocycles. The minimum absolute atomic E-state index is 0.168. The van der Waals surface area contributed by atoms with E-state index in [0.717, 1.165) is 37.0 Å². The van der Waals surface area contributed by atoms with Crippen molar-refractivity contribution < 1.29 is 14.3 Å². The first kappa shape index (κ1) is 24.3. The third kappa shape index (κ3) is 5.63. The first-order valence-electron chi connectivity index (χ1n) is 10.8. The summed E-state index contributed by atoms with van der Waals surface area (Å²) in [5.41, 5.74) is 5.56. The highest BCUT2D eigenvalue weighted by atomic mass is 127. The zero-order chi connectivity index (χ0) is 24.9. The van der Waals surface area contributed by atoms with Crippen LogP contribution in [0.3, 0.4) is 0 Å². The van der Waals surface area contributed by atoms with Gasteiger partial charge in [0, 0.05) is 9.26 Å². The van der Waals surface area contributed by atoms with E-state index in [1.54, 1.807) is 24.3 Å². The standard InChI is InChI=1S/C27H23IN4O3/c1-16-10-20(28)11-17(2)26(16)32-25(33)15-35-23-9-8-18(13-24(23)34-3)12-19(14-29)27-30-21-6-4-5-7-22(21)31-27/h4-13H,15H2,1-3H3,(H,30,31)(H,32,33).